The Hall–Kier alpha value is -0.0800. The number of hydrogen-bond acceptors (Lipinski definition) is 2. The van der Waals surface area contributed by atoms with Crippen LogP contribution in [0.4, 0.5) is 0 Å². The van der Waals surface area contributed by atoms with Gasteiger partial charge in [-0.2, -0.15) is 0 Å². The van der Waals surface area contributed by atoms with Crippen molar-refractivity contribution in [3.63, 3.8) is 0 Å². The molecule has 0 saturated carbocycles. The van der Waals surface area contributed by atoms with Gasteiger partial charge in [0.25, 0.3) is 0 Å². The summed E-state index contributed by atoms with van der Waals surface area (Å²) in [5.41, 5.74) is 6.03. The van der Waals surface area contributed by atoms with Crippen LogP contribution in [-0.4, -0.2) is 19.3 Å². The molecule has 2 heteroatoms. The zero-order valence-corrected chi connectivity index (χ0v) is 6.18. The molecule has 54 valence electrons. The van der Waals surface area contributed by atoms with E-state index in [4.69, 9.17) is 10.5 Å². The van der Waals surface area contributed by atoms with Crippen LogP contribution < -0.4 is 5.73 Å². The largest absolute Gasteiger partial charge is 0.380 e. The minimum Gasteiger partial charge on any atom is -0.380 e. The molecule has 0 aromatic heterocycles. The van der Waals surface area contributed by atoms with E-state index in [9.17, 15) is 0 Å². The van der Waals surface area contributed by atoms with E-state index in [1.54, 1.807) is 0 Å². The number of hydrogen-bond donors (Lipinski definition) is 1. The van der Waals surface area contributed by atoms with Crippen molar-refractivity contribution in [3.8, 4) is 0 Å². The molecular formula is C7H15NO. The first-order valence-corrected chi connectivity index (χ1v) is 3.46. The van der Waals surface area contributed by atoms with Crippen LogP contribution in [0.2, 0.25) is 0 Å². The minimum absolute atomic E-state index is 0.318. The summed E-state index contributed by atoms with van der Waals surface area (Å²) in [7, 11) is 0. The van der Waals surface area contributed by atoms with Gasteiger partial charge < -0.3 is 10.5 Å². The van der Waals surface area contributed by atoms with Gasteiger partial charge in [-0.1, -0.05) is 6.92 Å². The summed E-state index contributed by atoms with van der Waals surface area (Å²) in [6, 6.07) is 0.318. The Balaban J connectivity index is 2.24. The standard InChI is InChI=1S/C7H15NO/c1-6(8)3-7(2)4-9-5-7/h6H,3-5,8H2,1-2H3. The molecule has 0 bridgehead atoms. The van der Waals surface area contributed by atoms with Gasteiger partial charge in [0.2, 0.25) is 0 Å². The normalized spacial score (nSPS) is 27.0. The molecule has 1 fully saturated rings. The van der Waals surface area contributed by atoms with E-state index < -0.39 is 0 Å². The maximum absolute atomic E-state index is 5.63. The second-order valence-corrected chi connectivity index (χ2v) is 3.48. The smallest absolute Gasteiger partial charge is 0.0542 e. The molecule has 1 aliphatic rings. The van der Waals surface area contributed by atoms with E-state index in [1.807, 2.05) is 6.92 Å². The molecule has 0 aromatic rings. The highest BCUT2D eigenvalue weighted by atomic mass is 16.5. The van der Waals surface area contributed by atoms with Crippen molar-refractivity contribution < 1.29 is 4.74 Å². The molecule has 0 radical (unpaired) electrons. The summed E-state index contributed by atoms with van der Waals surface area (Å²) in [5.74, 6) is 0. The van der Waals surface area contributed by atoms with Gasteiger partial charge in [-0.25, -0.2) is 0 Å². The van der Waals surface area contributed by atoms with Gasteiger partial charge in [0.15, 0.2) is 0 Å². The van der Waals surface area contributed by atoms with Crippen molar-refractivity contribution in [3.05, 3.63) is 0 Å². The fourth-order valence-corrected chi connectivity index (χ4v) is 1.35. The SMILES string of the molecule is CC(N)CC1(C)COC1. The molecule has 1 rings (SSSR count). The molecule has 0 amide bonds. The summed E-state index contributed by atoms with van der Waals surface area (Å²) in [4.78, 5) is 0. The van der Waals surface area contributed by atoms with Gasteiger partial charge in [0.1, 0.15) is 0 Å². The maximum atomic E-state index is 5.63. The van der Waals surface area contributed by atoms with Crippen molar-refractivity contribution in [1.82, 2.24) is 0 Å². The molecular weight excluding hydrogens is 114 g/mol. The Morgan fingerprint density at radius 2 is 2.22 bits per heavy atom. The van der Waals surface area contributed by atoms with Crippen molar-refractivity contribution >= 4 is 0 Å². The lowest BCUT2D eigenvalue weighted by Crippen LogP contribution is -2.43. The van der Waals surface area contributed by atoms with Crippen LogP contribution in [0, 0.1) is 5.41 Å². The highest BCUT2D eigenvalue weighted by Gasteiger charge is 2.33. The van der Waals surface area contributed by atoms with Crippen molar-refractivity contribution in [2.75, 3.05) is 13.2 Å². The number of ether oxygens (including phenoxy) is 1. The van der Waals surface area contributed by atoms with E-state index in [-0.39, 0.29) is 0 Å². The van der Waals surface area contributed by atoms with Crippen molar-refractivity contribution in [2.24, 2.45) is 11.1 Å². The Bertz CT molecular complexity index is 97.1. The Morgan fingerprint density at radius 1 is 1.67 bits per heavy atom. The van der Waals surface area contributed by atoms with Crippen LogP contribution in [0.15, 0.2) is 0 Å². The average molecular weight is 129 g/mol. The van der Waals surface area contributed by atoms with Gasteiger partial charge >= 0.3 is 0 Å². The van der Waals surface area contributed by atoms with E-state index >= 15 is 0 Å². The summed E-state index contributed by atoms with van der Waals surface area (Å²) in [6.45, 7) is 6.06. The monoisotopic (exact) mass is 129 g/mol. The van der Waals surface area contributed by atoms with Crippen molar-refractivity contribution in [1.29, 1.82) is 0 Å². The van der Waals surface area contributed by atoms with Crippen LogP contribution in [-0.2, 0) is 4.74 Å². The molecule has 0 aromatic carbocycles. The molecule has 9 heavy (non-hydrogen) atoms. The summed E-state index contributed by atoms with van der Waals surface area (Å²) < 4.78 is 5.08. The van der Waals surface area contributed by atoms with Gasteiger partial charge in [-0.05, 0) is 13.3 Å². The van der Waals surface area contributed by atoms with Gasteiger partial charge in [0.05, 0.1) is 13.2 Å². The minimum atomic E-state index is 0.318. The summed E-state index contributed by atoms with van der Waals surface area (Å²) in [6.07, 6.45) is 1.09. The van der Waals surface area contributed by atoms with Crippen LogP contribution in [0.25, 0.3) is 0 Å². The summed E-state index contributed by atoms with van der Waals surface area (Å²) in [5, 5.41) is 0. The van der Waals surface area contributed by atoms with Gasteiger partial charge in [-0.3, -0.25) is 0 Å². The lowest BCUT2D eigenvalue weighted by Gasteiger charge is -2.39. The predicted molar refractivity (Wildman–Crippen MR) is 37.2 cm³/mol. The van der Waals surface area contributed by atoms with Gasteiger partial charge in [-0.15, -0.1) is 0 Å². The molecule has 1 atom stereocenters. The van der Waals surface area contributed by atoms with Gasteiger partial charge in [0, 0.05) is 11.5 Å². The van der Waals surface area contributed by atoms with Crippen molar-refractivity contribution in [2.45, 2.75) is 26.3 Å². The third kappa shape index (κ3) is 1.66. The number of rotatable bonds is 2. The molecule has 0 aliphatic carbocycles. The third-order valence-corrected chi connectivity index (χ3v) is 1.72. The zero-order chi connectivity index (χ0) is 6.91. The third-order valence-electron chi connectivity index (χ3n) is 1.72. The number of nitrogens with two attached hydrogens (primary N) is 1. The quantitative estimate of drug-likeness (QED) is 0.597. The summed E-state index contributed by atoms with van der Waals surface area (Å²) >= 11 is 0. The second kappa shape index (κ2) is 2.27. The Labute approximate surface area is 56.4 Å². The fourth-order valence-electron chi connectivity index (χ4n) is 1.35. The molecule has 0 spiro atoms. The molecule has 1 heterocycles. The first kappa shape index (κ1) is 7.03. The van der Waals surface area contributed by atoms with E-state index in [0.29, 0.717) is 11.5 Å². The zero-order valence-electron chi connectivity index (χ0n) is 6.18. The lowest BCUT2D eigenvalue weighted by molar-refractivity contribution is -0.107. The van der Waals surface area contributed by atoms with Crippen LogP contribution in [0.5, 0.6) is 0 Å². The Kier molecular flexibility index (Phi) is 1.78. The van der Waals surface area contributed by atoms with E-state index in [1.165, 1.54) is 0 Å². The van der Waals surface area contributed by atoms with Crippen LogP contribution >= 0.6 is 0 Å². The first-order chi connectivity index (χ1) is 4.12. The molecule has 2 nitrogen and oxygen atoms in total. The molecule has 2 N–H and O–H groups in total. The fraction of sp³-hybridized carbons (Fsp3) is 1.00. The topological polar surface area (TPSA) is 35.2 Å². The van der Waals surface area contributed by atoms with Crippen LogP contribution in [0.3, 0.4) is 0 Å². The second-order valence-electron chi connectivity index (χ2n) is 3.48. The maximum Gasteiger partial charge on any atom is 0.0542 e. The highest BCUT2D eigenvalue weighted by molar-refractivity contribution is 4.83. The highest BCUT2D eigenvalue weighted by Crippen LogP contribution is 2.30. The van der Waals surface area contributed by atoms with E-state index in [0.717, 1.165) is 19.6 Å². The lowest BCUT2D eigenvalue weighted by atomic mass is 9.82. The Morgan fingerprint density at radius 3 is 2.33 bits per heavy atom. The average Bonchev–Trinajstić information content (AvgIpc) is 1.60. The predicted octanol–water partition coefficient (Wildman–Crippen LogP) is 0.760. The molecule has 1 saturated heterocycles. The first-order valence-electron chi connectivity index (χ1n) is 3.46. The van der Waals surface area contributed by atoms with Crippen LogP contribution in [0.1, 0.15) is 20.3 Å². The van der Waals surface area contributed by atoms with E-state index in [2.05, 4.69) is 6.92 Å². The molecule has 1 unspecified atom stereocenters. The molecule has 1 aliphatic heterocycles.